The van der Waals surface area contributed by atoms with Crippen molar-refractivity contribution in [3.63, 3.8) is 0 Å². The Hall–Kier alpha value is -1.95. The molecular weight excluding hydrogens is 248 g/mol. The van der Waals surface area contributed by atoms with Crippen LogP contribution in [-0.2, 0) is 10.5 Å². The van der Waals surface area contributed by atoms with E-state index in [4.69, 9.17) is 4.74 Å². The summed E-state index contributed by atoms with van der Waals surface area (Å²) in [5.41, 5.74) is 1.96. The summed E-state index contributed by atoms with van der Waals surface area (Å²) in [6, 6.07) is 3.14. The lowest BCUT2D eigenvalue weighted by molar-refractivity contribution is -0.159. The van der Waals surface area contributed by atoms with Crippen LogP contribution >= 0.6 is 0 Å². The lowest BCUT2D eigenvalue weighted by Gasteiger charge is -2.26. The Morgan fingerprint density at radius 3 is 2.32 bits per heavy atom. The predicted molar refractivity (Wildman–Crippen MR) is 71.1 cm³/mol. The maximum absolute atomic E-state index is 11.5. The number of carbonyl (C=O) groups is 1. The van der Waals surface area contributed by atoms with Gasteiger partial charge in [-0.15, -0.1) is 4.91 Å². The maximum atomic E-state index is 11.5. The van der Waals surface area contributed by atoms with Gasteiger partial charge in [-0.2, -0.15) is 0 Å². The van der Waals surface area contributed by atoms with Crippen LogP contribution in [0, 0.1) is 18.8 Å². The molecule has 1 atom stereocenters. The number of benzene rings is 1. The molecule has 1 unspecified atom stereocenters. The number of ether oxygens (including phenoxy) is 1. The molecule has 0 aliphatic rings. The maximum Gasteiger partial charge on any atom is 0.412 e. The van der Waals surface area contributed by atoms with Gasteiger partial charge in [0.1, 0.15) is 5.69 Å². The second-order valence-corrected chi connectivity index (χ2v) is 4.79. The number of aryl methyl sites for hydroxylation is 2. The summed E-state index contributed by atoms with van der Waals surface area (Å²) in [6.45, 7) is 4.96. The van der Waals surface area contributed by atoms with Gasteiger partial charge in [-0.3, -0.25) is 0 Å². The molecule has 0 radical (unpaired) electrons. The zero-order valence-electron chi connectivity index (χ0n) is 11.7. The van der Waals surface area contributed by atoms with Crippen molar-refractivity contribution in [2.45, 2.75) is 26.6 Å². The van der Waals surface area contributed by atoms with Gasteiger partial charge in [-0.05, 0) is 42.3 Å². The fourth-order valence-electron chi connectivity index (χ4n) is 1.56. The van der Waals surface area contributed by atoms with Crippen LogP contribution in [0.3, 0.4) is 0 Å². The van der Waals surface area contributed by atoms with Crippen molar-refractivity contribution in [3.8, 4) is 0 Å². The molecule has 0 heterocycles. The first-order chi connectivity index (χ1) is 8.69. The van der Waals surface area contributed by atoms with E-state index in [0.29, 0.717) is 0 Å². The highest BCUT2D eigenvalue weighted by atomic mass is 16.7. The molecule has 0 aliphatic heterocycles. The molecule has 1 amide bonds. The molecule has 0 spiro atoms. The SMILES string of the molecule is Cc1cc(N=O)c(C(C)(O)OC(=O)N(C)C)cc1C. The third-order valence-corrected chi connectivity index (χ3v) is 2.86. The molecule has 0 fully saturated rings. The van der Waals surface area contributed by atoms with Gasteiger partial charge in [0, 0.05) is 21.0 Å². The van der Waals surface area contributed by atoms with E-state index in [1.165, 1.54) is 25.9 Å². The van der Waals surface area contributed by atoms with Crippen LogP contribution in [-0.4, -0.2) is 30.2 Å². The minimum absolute atomic E-state index is 0.0552. The predicted octanol–water partition coefficient (Wildman–Crippen LogP) is 2.56. The molecular formula is C13H18N2O4. The molecule has 104 valence electrons. The topological polar surface area (TPSA) is 79.2 Å². The summed E-state index contributed by atoms with van der Waals surface area (Å²) in [5, 5.41) is 13.1. The normalized spacial score (nSPS) is 13.6. The van der Waals surface area contributed by atoms with Crippen molar-refractivity contribution in [1.82, 2.24) is 4.90 Å². The summed E-state index contributed by atoms with van der Waals surface area (Å²) < 4.78 is 4.97. The lowest BCUT2D eigenvalue weighted by atomic mass is 9.99. The summed E-state index contributed by atoms with van der Waals surface area (Å²) in [6.07, 6.45) is -0.708. The number of amides is 1. The molecule has 1 aromatic rings. The number of aliphatic hydroxyl groups is 1. The van der Waals surface area contributed by atoms with Gasteiger partial charge in [0.05, 0.1) is 5.56 Å². The highest BCUT2D eigenvalue weighted by molar-refractivity contribution is 5.68. The van der Waals surface area contributed by atoms with Crippen LogP contribution in [0.2, 0.25) is 0 Å². The fourth-order valence-corrected chi connectivity index (χ4v) is 1.56. The van der Waals surface area contributed by atoms with Crippen molar-refractivity contribution in [3.05, 3.63) is 33.7 Å². The van der Waals surface area contributed by atoms with Gasteiger partial charge < -0.3 is 14.7 Å². The number of rotatable bonds is 3. The summed E-state index contributed by atoms with van der Waals surface area (Å²) in [7, 11) is 3.00. The summed E-state index contributed by atoms with van der Waals surface area (Å²) >= 11 is 0. The number of nitroso groups, excluding NO2 is 1. The average Bonchev–Trinajstić information content (AvgIpc) is 2.31. The van der Waals surface area contributed by atoms with E-state index in [9.17, 15) is 14.8 Å². The Kier molecular flexibility index (Phi) is 4.26. The number of carbonyl (C=O) groups excluding carboxylic acids is 1. The Bertz CT molecular complexity index is 510. The van der Waals surface area contributed by atoms with Gasteiger partial charge in [-0.25, -0.2) is 4.79 Å². The van der Waals surface area contributed by atoms with Gasteiger partial charge >= 0.3 is 6.09 Å². The second kappa shape index (κ2) is 5.36. The Morgan fingerprint density at radius 1 is 1.32 bits per heavy atom. The highest BCUT2D eigenvalue weighted by Crippen LogP contribution is 2.33. The molecule has 0 aromatic heterocycles. The summed E-state index contributed by atoms with van der Waals surface area (Å²) in [5.74, 6) is -1.91. The number of hydrogen-bond donors (Lipinski definition) is 1. The molecule has 1 rings (SSSR count). The highest BCUT2D eigenvalue weighted by Gasteiger charge is 2.32. The average molecular weight is 266 g/mol. The van der Waals surface area contributed by atoms with Crippen LogP contribution in [0.5, 0.6) is 0 Å². The van der Waals surface area contributed by atoms with E-state index in [1.54, 1.807) is 12.1 Å². The first kappa shape index (κ1) is 15.1. The number of nitrogens with zero attached hydrogens (tertiary/aromatic N) is 2. The quantitative estimate of drug-likeness (QED) is 0.673. The van der Waals surface area contributed by atoms with E-state index in [1.807, 2.05) is 13.8 Å². The second-order valence-electron chi connectivity index (χ2n) is 4.79. The van der Waals surface area contributed by atoms with Crippen LogP contribution in [0.1, 0.15) is 23.6 Å². The van der Waals surface area contributed by atoms with Crippen LogP contribution in [0.25, 0.3) is 0 Å². The van der Waals surface area contributed by atoms with Gasteiger partial charge in [-0.1, -0.05) is 0 Å². The van der Waals surface area contributed by atoms with Crippen LogP contribution in [0.15, 0.2) is 17.3 Å². The van der Waals surface area contributed by atoms with Crippen molar-refractivity contribution >= 4 is 11.8 Å². The Labute approximate surface area is 112 Å². The van der Waals surface area contributed by atoms with E-state index in [0.717, 1.165) is 11.1 Å². The van der Waals surface area contributed by atoms with Crippen molar-refractivity contribution in [2.75, 3.05) is 14.1 Å². The third-order valence-electron chi connectivity index (χ3n) is 2.86. The van der Waals surface area contributed by atoms with Gasteiger partial charge in [0.25, 0.3) is 0 Å². The first-order valence-electron chi connectivity index (χ1n) is 5.76. The van der Waals surface area contributed by atoms with Crippen molar-refractivity contribution < 1.29 is 14.6 Å². The first-order valence-corrected chi connectivity index (χ1v) is 5.76. The Morgan fingerprint density at radius 2 is 1.84 bits per heavy atom. The summed E-state index contributed by atoms with van der Waals surface area (Å²) in [4.78, 5) is 23.5. The monoisotopic (exact) mass is 266 g/mol. The Balaban J connectivity index is 3.23. The molecule has 6 nitrogen and oxygen atoms in total. The van der Waals surface area contributed by atoms with E-state index < -0.39 is 11.9 Å². The van der Waals surface area contributed by atoms with Crippen LogP contribution < -0.4 is 0 Å². The lowest BCUT2D eigenvalue weighted by Crippen LogP contribution is -2.34. The smallest absolute Gasteiger partial charge is 0.412 e. The van der Waals surface area contributed by atoms with Crippen LogP contribution in [0.4, 0.5) is 10.5 Å². The zero-order valence-corrected chi connectivity index (χ0v) is 11.7. The van der Waals surface area contributed by atoms with E-state index >= 15 is 0 Å². The van der Waals surface area contributed by atoms with E-state index in [2.05, 4.69) is 5.18 Å². The molecule has 6 heteroatoms. The molecule has 0 saturated carbocycles. The number of hydrogen-bond acceptors (Lipinski definition) is 5. The van der Waals surface area contributed by atoms with Crippen molar-refractivity contribution in [2.24, 2.45) is 5.18 Å². The van der Waals surface area contributed by atoms with Gasteiger partial charge in [0.15, 0.2) is 0 Å². The zero-order chi connectivity index (χ0) is 14.8. The van der Waals surface area contributed by atoms with Gasteiger partial charge in [0.2, 0.25) is 5.79 Å². The third kappa shape index (κ3) is 3.29. The minimum Gasteiger partial charge on any atom is -0.413 e. The minimum atomic E-state index is -1.91. The molecule has 0 aliphatic carbocycles. The molecule has 19 heavy (non-hydrogen) atoms. The standard InChI is InChI=1S/C13H18N2O4/c1-8-6-10(11(14-18)7-9(8)2)13(3,17)19-12(16)15(4)5/h6-7,17H,1-5H3. The molecule has 1 aromatic carbocycles. The molecule has 1 N–H and O–H groups in total. The van der Waals surface area contributed by atoms with E-state index in [-0.39, 0.29) is 11.3 Å². The fraction of sp³-hybridized carbons (Fsp3) is 0.462. The molecule has 0 saturated heterocycles. The largest absolute Gasteiger partial charge is 0.413 e. The van der Waals surface area contributed by atoms with Crippen molar-refractivity contribution in [1.29, 1.82) is 0 Å². The molecule has 0 bridgehead atoms.